The Morgan fingerprint density at radius 1 is 1.13 bits per heavy atom. The Morgan fingerprint density at radius 3 is 2.30 bits per heavy atom. The predicted octanol–water partition coefficient (Wildman–Crippen LogP) is 1.39. The van der Waals surface area contributed by atoms with Crippen LogP contribution in [0.4, 0.5) is 5.69 Å². The van der Waals surface area contributed by atoms with Gasteiger partial charge in [-0.1, -0.05) is 19.1 Å². The van der Waals surface area contributed by atoms with E-state index in [1.165, 1.54) is 6.26 Å². The number of benzene rings is 1. The Kier molecular flexibility index (Phi) is 5.70. The minimum atomic E-state index is -3.29. The average Bonchev–Trinajstić information content (AvgIpc) is 2.46. The summed E-state index contributed by atoms with van der Waals surface area (Å²) in [5.41, 5.74) is 0.699. The van der Waals surface area contributed by atoms with Crippen LogP contribution in [0.2, 0.25) is 0 Å². The SMILES string of the molecule is CCCS(=O)(=O)NC1CCN(c2ccccc2S(C)(=O)=O)CC1. The lowest BCUT2D eigenvalue weighted by atomic mass is 10.1. The van der Waals surface area contributed by atoms with Gasteiger partial charge in [0.2, 0.25) is 10.0 Å². The maximum atomic E-state index is 11.9. The van der Waals surface area contributed by atoms with Gasteiger partial charge in [0.25, 0.3) is 0 Å². The first-order valence-corrected chi connectivity index (χ1v) is 11.3. The number of nitrogens with one attached hydrogen (secondary N) is 1. The van der Waals surface area contributed by atoms with Crippen LogP contribution in [0.3, 0.4) is 0 Å². The first-order valence-electron chi connectivity index (χ1n) is 7.77. The van der Waals surface area contributed by atoms with E-state index in [0.717, 1.165) is 0 Å². The Morgan fingerprint density at radius 2 is 1.74 bits per heavy atom. The average molecular weight is 361 g/mol. The van der Waals surface area contributed by atoms with E-state index in [-0.39, 0.29) is 11.8 Å². The summed E-state index contributed by atoms with van der Waals surface area (Å²) in [7, 11) is -6.49. The number of hydrogen-bond donors (Lipinski definition) is 1. The Labute approximate surface area is 138 Å². The maximum Gasteiger partial charge on any atom is 0.211 e. The summed E-state index contributed by atoms with van der Waals surface area (Å²) in [6, 6.07) is 6.87. The summed E-state index contributed by atoms with van der Waals surface area (Å²) in [5, 5.41) is 0. The van der Waals surface area contributed by atoms with Gasteiger partial charge in [-0.2, -0.15) is 0 Å². The van der Waals surface area contributed by atoms with Crippen molar-refractivity contribution in [2.75, 3.05) is 30.0 Å². The van der Waals surface area contributed by atoms with Crippen molar-refractivity contribution in [3.8, 4) is 0 Å². The summed E-state index contributed by atoms with van der Waals surface area (Å²) in [4.78, 5) is 2.34. The van der Waals surface area contributed by atoms with Crippen molar-refractivity contribution in [2.24, 2.45) is 0 Å². The number of anilines is 1. The minimum Gasteiger partial charge on any atom is -0.370 e. The van der Waals surface area contributed by atoms with E-state index >= 15 is 0 Å². The standard InChI is InChI=1S/C15H24N2O4S2/c1-3-12-23(20,21)16-13-8-10-17(11-9-13)14-6-4-5-7-15(14)22(2,18)19/h4-7,13,16H,3,8-12H2,1-2H3. The van der Waals surface area contributed by atoms with Gasteiger partial charge in [0.15, 0.2) is 9.84 Å². The van der Waals surface area contributed by atoms with Crippen LogP contribution in [0.1, 0.15) is 26.2 Å². The maximum absolute atomic E-state index is 11.9. The molecule has 0 aliphatic carbocycles. The molecule has 1 aliphatic heterocycles. The largest absolute Gasteiger partial charge is 0.370 e. The molecule has 0 atom stereocenters. The molecule has 1 N–H and O–H groups in total. The molecule has 8 heteroatoms. The van der Waals surface area contributed by atoms with Crippen LogP contribution in [0.5, 0.6) is 0 Å². The van der Waals surface area contributed by atoms with Gasteiger partial charge >= 0.3 is 0 Å². The molecule has 1 heterocycles. The van der Waals surface area contributed by atoms with Crippen molar-refractivity contribution in [1.82, 2.24) is 4.72 Å². The smallest absolute Gasteiger partial charge is 0.211 e. The Hall–Kier alpha value is -1.12. The predicted molar refractivity (Wildman–Crippen MR) is 92.0 cm³/mol. The molecule has 0 saturated carbocycles. The van der Waals surface area contributed by atoms with Crippen molar-refractivity contribution >= 4 is 25.5 Å². The van der Waals surface area contributed by atoms with Crippen LogP contribution in [-0.2, 0) is 19.9 Å². The zero-order valence-electron chi connectivity index (χ0n) is 13.5. The van der Waals surface area contributed by atoms with Crippen LogP contribution in [-0.4, -0.2) is 48.0 Å². The van der Waals surface area contributed by atoms with Gasteiger partial charge in [0.1, 0.15) is 0 Å². The third kappa shape index (κ3) is 4.92. The molecule has 0 bridgehead atoms. The highest BCUT2D eigenvalue weighted by Gasteiger charge is 2.25. The first-order chi connectivity index (χ1) is 10.7. The highest BCUT2D eigenvalue weighted by atomic mass is 32.2. The summed E-state index contributed by atoms with van der Waals surface area (Å²) in [5.74, 6) is 0.143. The molecule has 6 nitrogen and oxygen atoms in total. The second kappa shape index (κ2) is 7.19. The van der Waals surface area contributed by atoms with E-state index in [4.69, 9.17) is 0 Å². The second-order valence-electron chi connectivity index (χ2n) is 5.94. The van der Waals surface area contributed by atoms with E-state index in [1.807, 2.05) is 17.9 Å². The van der Waals surface area contributed by atoms with E-state index < -0.39 is 19.9 Å². The van der Waals surface area contributed by atoms with Crippen molar-refractivity contribution in [2.45, 2.75) is 37.1 Å². The second-order valence-corrected chi connectivity index (χ2v) is 9.80. The van der Waals surface area contributed by atoms with Gasteiger partial charge in [-0.25, -0.2) is 21.6 Å². The molecule has 0 amide bonds. The molecule has 0 unspecified atom stereocenters. The summed E-state index contributed by atoms with van der Waals surface area (Å²) in [6.07, 6.45) is 3.13. The molecule has 23 heavy (non-hydrogen) atoms. The topological polar surface area (TPSA) is 83.6 Å². The molecule has 130 valence electrons. The molecule has 1 saturated heterocycles. The number of para-hydroxylation sites is 1. The van der Waals surface area contributed by atoms with Crippen molar-refractivity contribution in [1.29, 1.82) is 0 Å². The van der Waals surface area contributed by atoms with Gasteiger partial charge in [0, 0.05) is 25.4 Å². The molecule has 2 rings (SSSR count). The number of hydrogen-bond acceptors (Lipinski definition) is 5. The van der Waals surface area contributed by atoms with Crippen LogP contribution in [0.25, 0.3) is 0 Å². The van der Waals surface area contributed by atoms with Gasteiger partial charge in [-0.3, -0.25) is 0 Å². The van der Waals surface area contributed by atoms with Crippen molar-refractivity contribution in [3.63, 3.8) is 0 Å². The molecular formula is C15H24N2O4S2. The lowest BCUT2D eigenvalue weighted by Crippen LogP contribution is -2.45. The normalized spacial score (nSPS) is 17.4. The van der Waals surface area contributed by atoms with Gasteiger partial charge < -0.3 is 4.90 Å². The van der Waals surface area contributed by atoms with Gasteiger partial charge in [-0.15, -0.1) is 0 Å². The lowest BCUT2D eigenvalue weighted by molar-refractivity contribution is 0.458. The third-order valence-electron chi connectivity index (χ3n) is 3.92. The summed E-state index contributed by atoms with van der Waals surface area (Å²) >= 11 is 0. The van der Waals surface area contributed by atoms with E-state index in [0.29, 0.717) is 42.9 Å². The fourth-order valence-corrected chi connectivity index (χ4v) is 5.15. The zero-order chi connectivity index (χ0) is 17.1. The fraction of sp³-hybridized carbons (Fsp3) is 0.600. The van der Waals surface area contributed by atoms with Gasteiger partial charge in [0.05, 0.1) is 16.3 Å². The Balaban J connectivity index is 2.06. The van der Waals surface area contributed by atoms with Crippen molar-refractivity contribution in [3.05, 3.63) is 24.3 Å². The number of sulfonamides is 1. The monoisotopic (exact) mass is 360 g/mol. The fourth-order valence-electron chi connectivity index (χ4n) is 2.85. The van der Waals surface area contributed by atoms with Crippen molar-refractivity contribution < 1.29 is 16.8 Å². The first kappa shape index (κ1) is 18.2. The highest BCUT2D eigenvalue weighted by Crippen LogP contribution is 2.27. The van der Waals surface area contributed by atoms with Crippen LogP contribution in [0, 0.1) is 0 Å². The molecule has 0 radical (unpaired) electrons. The molecular weight excluding hydrogens is 336 g/mol. The Bertz CT molecular complexity index is 736. The summed E-state index contributed by atoms with van der Waals surface area (Å²) < 4.78 is 50.2. The molecule has 1 aliphatic rings. The van der Waals surface area contributed by atoms with Crippen LogP contribution < -0.4 is 9.62 Å². The molecule has 0 aromatic heterocycles. The molecule has 1 aromatic rings. The number of rotatable bonds is 6. The molecule has 1 fully saturated rings. The molecule has 1 aromatic carbocycles. The van der Waals surface area contributed by atoms with E-state index in [2.05, 4.69) is 4.72 Å². The van der Waals surface area contributed by atoms with E-state index in [1.54, 1.807) is 18.2 Å². The van der Waals surface area contributed by atoms with Gasteiger partial charge in [-0.05, 0) is 31.4 Å². The number of nitrogens with zero attached hydrogens (tertiary/aromatic N) is 1. The number of sulfone groups is 1. The zero-order valence-corrected chi connectivity index (χ0v) is 15.2. The van der Waals surface area contributed by atoms with Crippen LogP contribution in [0.15, 0.2) is 29.2 Å². The highest BCUT2D eigenvalue weighted by molar-refractivity contribution is 7.91. The minimum absolute atomic E-state index is 0.0757. The quantitative estimate of drug-likeness (QED) is 0.829. The summed E-state index contributed by atoms with van der Waals surface area (Å²) in [6.45, 7) is 3.10. The van der Waals surface area contributed by atoms with E-state index in [9.17, 15) is 16.8 Å². The molecule has 0 spiro atoms. The third-order valence-corrected chi connectivity index (χ3v) is 6.70. The van der Waals surface area contributed by atoms with Crippen LogP contribution >= 0.6 is 0 Å². The lowest BCUT2D eigenvalue weighted by Gasteiger charge is -2.34. The number of piperidine rings is 1.